The van der Waals surface area contributed by atoms with E-state index in [0.29, 0.717) is 19.6 Å². The van der Waals surface area contributed by atoms with Crippen LogP contribution < -0.4 is 4.74 Å². The van der Waals surface area contributed by atoms with Gasteiger partial charge in [-0.2, -0.15) is 0 Å². The predicted molar refractivity (Wildman–Crippen MR) is 134 cm³/mol. The lowest BCUT2D eigenvalue weighted by Gasteiger charge is -2.40. The first-order chi connectivity index (χ1) is 16.8. The molecule has 4 aromatic carbocycles. The van der Waals surface area contributed by atoms with Gasteiger partial charge in [-0.15, -0.1) is 0 Å². The maximum Gasteiger partial charge on any atom is 0.202 e. The minimum absolute atomic E-state index is 0.160. The van der Waals surface area contributed by atoms with Crippen LogP contribution in [0.3, 0.4) is 0 Å². The Labute approximate surface area is 201 Å². The number of ether oxygens (including phenoxy) is 4. The van der Waals surface area contributed by atoms with Gasteiger partial charge in [0.15, 0.2) is 0 Å². The summed E-state index contributed by atoms with van der Waals surface area (Å²) in [7, 11) is 0. The van der Waals surface area contributed by atoms with Crippen molar-refractivity contribution in [3.05, 3.63) is 114 Å². The summed E-state index contributed by atoms with van der Waals surface area (Å²) in [4.78, 5) is 0. The fourth-order valence-electron chi connectivity index (χ4n) is 4.46. The molecule has 0 N–H and O–H groups in total. The Balaban J connectivity index is 1.32. The second-order valence-electron chi connectivity index (χ2n) is 8.70. The van der Waals surface area contributed by atoms with E-state index >= 15 is 0 Å². The van der Waals surface area contributed by atoms with Crippen molar-refractivity contribution in [3.8, 4) is 5.75 Å². The van der Waals surface area contributed by atoms with Gasteiger partial charge in [0.05, 0.1) is 25.4 Å². The van der Waals surface area contributed by atoms with E-state index in [4.69, 9.17) is 18.9 Å². The van der Waals surface area contributed by atoms with Crippen LogP contribution in [0.5, 0.6) is 5.75 Å². The van der Waals surface area contributed by atoms with Crippen molar-refractivity contribution in [1.82, 2.24) is 0 Å². The van der Waals surface area contributed by atoms with Gasteiger partial charge in [0, 0.05) is 11.8 Å². The molecule has 4 aromatic rings. The van der Waals surface area contributed by atoms with Crippen LogP contribution in [0.15, 0.2) is 103 Å². The molecule has 0 radical (unpaired) electrons. The van der Waals surface area contributed by atoms with E-state index in [1.165, 1.54) is 0 Å². The monoisotopic (exact) mass is 454 g/mol. The highest BCUT2D eigenvalue weighted by Crippen LogP contribution is 2.32. The van der Waals surface area contributed by atoms with Crippen LogP contribution in [0.1, 0.15) is 24.5 Å². The SMILES string of the molecule is CC1O[C@H](Oc2cccc3ccccc23)C[C@@H](OCc2ccccc2)C1OCc1ccccc1. The van der Waals surface area contributed by atoms with Crippen LogP contribution >= 0.6 is 0 Å². The maximum absolute atomic E-state index is 6.41. The van der Waals surface area contributed by atoms with E-state index < -0.39 is 6.29 Å². The van der Waals surface area contributed by atoms with Crippen molar-refractivity contribution >= 4 is 10.8 Å². The molecule has 4 heteroatoms. The van der Waals surface area contributed by atoms with Crippen molar-refractivity contribution in [2.24, 2.45) is 0 Å². The van der Waals surface area contributed by atoms with Gasteiger partial charge in [-0.25, -0.2) is 0 Å². The first-order valence-electron chi connectivity index (χ1n) is 11.9. The Morgan fingerprint density at radius 3 is 2.06 bits per heavy atom. The molecule has 5 rings (SSSR count). The van der Waals surface area contributed by atoms with E-state index in [1.807, 2.05) is 67.6 Å². The molecular formula is C30H30O4. The zero-order chi connectivity index (χ0) is 23.2. The molecule has 4 atom stereocenters. The fourth-order valence-corrected chi connectivity index (χ4v) is 4.46. The van der Waals surface area contributed by atoms with Crippen molar-refractivity contribution in [2.45, 2.75) is 51.2 Å². The normalized spacial score (nSPS) is 22.5. The molecule has 0 bridgehead atoms. The molecular weight excluding hydrogens is 424 g/mol. The first-order valence-corrected chi connectivity index (χ1v) is 11.9. The van der Waals surface area contributed by atoms with Crippen molar-refractivity contribution in [3.63, 3.8) is 0 Å². The molecule has 2 unspecified atom stereocenters. The minimum atomic E-state index is -0.418. The molecule has 0 amide bonds. The van der Waals surface area contributed by atoms with Gasteiger partial charge in [-0.05, 0) is 29.5 Å². The lowest BCUT2D eigenvalue weighted by molar-refractivity contribution is -0.242. The Morgan fingerprint density at radius 1 is 0.706 bits per heavy atom. The van der Waals surface area contributed by atoms with Gasteiger partial charge in [-0.1, -0.05) is 97.1 Å². The molecule has 174 valence electrons. The molecule has 1 fully saturated rings. The summed E-state index contributed by atoms with van der Waals surface area (Å²) in [5, 5.41) is 2.22. The highest BCUT2D eigenvalue weighted by atomic mass is 16.7. The lowest BCUT2D eigenvalue weighted by Crippen LogP contribution is -2.50. The molecule has 34 heavy (non-hydrogen) atoms. The average molecular weight is 455 g/mol. The van der Waals surface area contributed by atoms with E-state index in [1.54, 1.807) is 0 Å². The molecule has 0 aliphatic carbocycles. The van der Waals surface area contributed by atoms with E-state index in [0.717, 1.165) is 27.6 Å². The smallest absolute Gasteiger partial charge is 0.202 e. The summed E-state index contributed by atoms with van der Waals surface area (Å²) in [6.45, 7) is 3.07. The Hall–Kier alpha value is -3.18. The molecule has 0 saturated carbocycles. The van der Waals surface area contributed by atoms with E-state index in [9.17, 15) is 0 Å². The summed E-state index contributed by atoms with van der Waals surface area (Å²) in [6, 6.07) is 34.7. The molecule has 4 nitrogen and oxygen atoms in total. The van der Waals surface area contributed by atoms with E-state index in [2.05, 4.69) is 42.5 Å². The lowest BCUT2D eigenvalue weighted by atomic mass is 10.0. The number of rotatable bonds is 8. The summed E-state index contributed by atoms with van der Waals surface area (Å²) in [5.41, 5.74) is 2.26. The van der Waals surface area contributed by atoms with Gasteiger partial charge in [-0.3, -0.25) is 0 Å². The Morgan fingerprint density at radius 2 is 1.32 bits per heavy atom. The number of hydrogen-bond donors (Lipinski definition) is 0. The number of hydrogen-bond acceptors (Lipinski definition) is 4. The average Bonchev–Trinajstić information content (AvgIpc) is 2.88. The number of benzene rings is 4. The third-order valence-electron chi connectivity index (χ3n) is 6.22. The highest BCUT2D eigenvalue weighted by molar-refractivity contribution is 5.88. The molecule has 1 saturated heterocycles. The van der Waals surface area contributed by atoms with Crippen LogP contribution in [0.25, 0.3) is 10.8 Å². The summed E-state index contributed by atoms with van der Waals surface area (Å²) >= 11 is 0. The van der Waals surface area contributed by atoms with Crippen LogP contribution in [0, 0.1) is 0 Å². The van der Waals surface area contributed by atoms with Crippen molar-refractivity contribution in [1.29, 1.82) is 0 Å². The van der Waals surface area contributed by atoms with Crippen LogP contribution in [-0.4, -0.2) is 24.6 Å². The predicted octanol–water partition coefficient (Wildman–Crippen LogP) is 6.52. The molecule has 1 heterocycles. The molecule has 0 aromatic heterocycles. The van der Waals surface area contributed by atoms with Crippen molar-refractivity contribution in [2.75, 3.05) is 0 Å². The summed E-state index contributed by atoms with van der Waals surface area (Å²) in [6.07, 6.45) is -0.375. The van der Waals surface area contributed by atoms with Gasteiger partial charge in [0.1, 0.15) is 11.9 Å². The summed E-state index contributed by atoms with van der Waals surface area (Å²) < 4.78 is 25.4. The van der Waals surface area contributed by atoms with Crippen LogP contribution in [0.4, 0.5) is 0 Å². The van der Waals surface area contributed by atoms with Crippen molar-refractivity contribution < 1.29 is 18.9 Å². The molecule has 1 aliphatic rings. The maximum atomic E-state index is 6.41. The first kappa shape index (κ1) is 22.6. The zero-order valence-electron chi connectivity index (χ0n) is 19.4. The topological polar surface area (TPSA) is 36.9 Å². The standard InChI is InChI=1S/C30H30O4/c1-22-30(32-21-24-13-6-3-7-14-24)28(31-20-23-11-4-2-5-12-23)19-29(33-22)34-27-18-10-16-25-15-8-9-17-26(25)27/h2-18,22,28-30H,19-21H2,1H3/t22?,28-,29-,30?/m1/s1. The van der Waals surface area contributed by atoms with Gasteiger partial charge in [0.2, 0.25) is 6.29 Å². The Bertz CT molecular complexity index is 1170. The molecule has 0 spiro atoms. The van der Waals surface area contributed by atoms with E-state index in [-0.39, 0.29) is 18.3 Å². The third kappa shape index (κ3) is 5.48. The quantitative estimate of drug-likeness (QED) is 0.304. The number of fused-ring (bicyclic) bond motifs is 1. The van der Waals surface area contributed by atoms with Crippen LogP contribution in [0.2, 0.25) is 0 Å². The summed E-state index contributed by atoms with van der Waals surface area (Å²) in [5.74, 6) is 0.820. The second kappa shape index (κ2) is 10.8. The van der Waals surface area contributed by atoms with Gasteiger partial charge < -0.3 is 18.9 Å². The van der Waals surface area contributed by atoms with Crippen LogP contribution in [-0.2, 0) is 27.4 Å². The Kier molecular flexibility index (Phi) is 7.20. The highest BCUT2D eigenvalue weighted by Gasteiger charge is 2.39. The second-order valence-corrected chi connectivity index (χ2v) is 8.70. The minimum Gasteiger partial charge on any atom is -0.464 e. The molecule has 1 aliphatic heterocycles. The zero-order valence-corrected chi connectivity index (χ0v) is 19.4. The van der Waals surface area contributed by atoms with Gasteiger partial charge >= 0.3 is 0 Å². The fraction of sp³-hybridized carbons (Fsp3) is 0.267. The third-order valence-corrected chi connectivity index (χ3v) is 6.22. The largest absolute Gasteiger partial charge is 0.464 e. The van der Waals surface area contributed by atoms with Gasteiger partial charge in [0.25, 0.3) is 0 Å².